The van der Waals surface area contributed by atoms with Crippen LogP contribution in [-0.4, -0.2) is 16.3 Å². The summed E-state index contributed by atoms with van der Waals surface area (Å²) >= 11 is 0. The Kier molecular flexibility index (Phi) is 1.92. The molecular weight excluding hydrogens is 178 g/mol. The van der Waals surface area contributed by atoms with Gasteiger partial charge in [-0.2, -0.15) is 5.26 Å². The minimum Gasteiger partial charge on any atom is -0.296 e. The average molecular weight is 183 g/mol. The maximum atomic E-state index is 10.6. The minimum atomic E-state index is 0.160. The number of carbonyl (C=O) groups is 1. The highest BCUT2D eigenvalue weighted by Crippen LogP contribution is 2.12. The van der Waals surface area contributed by atoms with E-state index in [1.54, 1.807) is 24.4 Å². The topological polar surface area (TPSA) is 66.6 Å². The van der Waals surface area contributed by atoms with Crippen molar-refractivity contribution in [1.82, 2.24) is 9.97 Å². The Labute approximate surface area is 79.8 Å². The predicted molar refractivity (Wildman–Crippen MR) is 49.6 cm³/mol. The number of fused-ring (bicyclic) bond motifs is 1. The van der Waals surface area contributed by atoms with E-state index in [0.29, 0.717) is 17.3 Å². The van der Waals surface area contributed by atoms with Gasteiger partial charge in [-0.25, -0.2) is 4.98 Å². The van der Waals surface area contributed by atoms with E-state index in [1.165, 1.54) is 0 Å². The SMILES string of the molecule is N#Cc1cc2ncccc2nc1C=O. The molecule has 0 aliphatic heterocycles. The zero-order valence-electron chi connectivity index (χ0n) is 7.14. The van der Waals surface area contributed by atoms with Crippen molar-refractivity contribution in [1.29, 1.82) is 5.26 Å². The molecule has 2 heterocycles. The summed E-state index contributed by atoms with van der Waals surface area (Å²) in [5.74, 6) is 0. The van der Waals surface area contributed by atoms with Crippen molar-refractivity contribution in [2.45, 2.75) is 0 Å². The molecule has 0 radical (unpaired) electrons. The summed E-state index contributed by atoms with van der Waals surface area (Å²) in [5.41, 5.74) is 1.66. The molecule has 0 unspecified atom stereocenters. The molecule has 0 aliphatic carbocycles. The summed E-state index contributed by atoms with van der Waals surface area (Å²) < 4.78 is 0. The highest BCUT2D eigenvalue weighted by molar-refractivity contribution is 5.84. The fourth-order valence-electron chi connectivity index (χ4n) is 1.19. The van der Waals surface area contributed by atoms with Gasteiger partial charge in [-0.05, 0) is 18.2 Å². The molecule has 0 bridgehead atoms. The molecule has 0 atom stereocenters. The molecule has 0 saturated heterocycles. The molecule has 0 saturated carbocycles. The normalized spacial score (nSPS) is 9.64. The molecule has 0 spiro atoms. The van der Waals surface area contributed by atoms with E-state index in [-0.39, 0.29) is 11.3 Å². The number of pyridine rings is 2. The minimum absolute atomic E-state index is 0.160. The van der Waals surface area contributed by atoms with Crippen molar-refractivity contribution in [2.24, 2.45) is 0 Å². The maximum Gasteiger partial charge on any atom is 0.169 e. The Hall–Kier alpha value is -2.28. The first-order chi connectivity index (χ1) is 6.85. The first kappa shape index (κ1) is 8.32. The van der Waals surface area contributed by atoms with Crippen molar-refractivity contribution in [3.05, 3.63) is 35.7 Å². The average Bonchev–Trinajstić information content (AvgIpc) is 2.27. The van der Waals surface area contributed by atoms with Crippen LogP contribution in [0.1, 0.15) is 16.1 Å². The Morgan fingerprint density at radius 2 is 2.29 bits per heavy atom. The number of aromatic nitrogens is 2. The summed E-state index contributed by atoms with van der Waals surface area (Å²) in [6.45, 7) is 0. The van der Waals surface area contributed by atoms with Gasteiger partial charge in [-0.1, -0.05) is 0 Å². The van der Waals surface area contributed by atoms with Crippen LogP contribution in [0.25, 0.3) is 11.0 Å². The Bertz CT molecular complexity index is 543. The number of rotatable bonds is 1. The number of hydrogen-bond acceptors (Lipinski definition) is 4. The molecule has 2 rings (SSSR count). The van der Waals surface area contributed by atoms with Crippen LogP contribution in [0.15, 0.2) is 24.4 Å². The molecule has 4 heteroatoms. The van der Waals surface area contributed by atoms with E-state index < -0.39 is 0 Å². The summed E-state index contributed by atoms with van der Waals surface area (Å²) in [7, 11) is 0. The summed E-state index contributed by atoms with van der Waals surface area (Å²) in [5, 5.41) is 8.73. The van der Waals surface area contributed by atoms with Crippen LogP contribution >= 0.6 is 0 Å². The molecule has 2 aromatic heterocycles. The lowest BCUT2D eigenvalue weighted by atomic mass is 10.2. The second-order valence-electron chi connectivity index (χ2n) is 2.69. The molecule has 0 fully saturated rings. The van der Waals surface area contributed by atoms with Gasteiger partial charge < -0.3 is 0 Å². The van der Waals surface area contributed by atoms with Gasteiger partial charge in [0.15, 0.2) is 6.29 Å². The number of aldehydes is 1. The number of nitriles is 1. The lowest BCUT2D eigenvalue weighted by Crippen LogP contribution is -1.94. The Balaban J connectivity index is 2.83. The van der Waals surface area contributed by atoms with Crippen LogP contribution in [-0.2, 0) is 0 Å². The van der Waals surface area contributed by atoms with Crippen LogP contribution in [0.2, 0.25) is 0 Å². The van der Waals surface area contributed by atoms with Gasteiger partial charge in [0.25, 0.3) is 0 Å². The zero-order valence-corrected chi connectivity index (χ0v) is 7.14. The Morgan fingerprint density at radius 1 is 1.43 bits per heavy atom. The molecule has 0 aromatic carbocycles. The number of carbonyl (C=O) groups excluding carboxylic acids is 1. The monoisotopic (exact) mass is 183 g/mol. The van der Waals surface area contributed by atoms with Gasteiger partial charge in [-0.3, -0.25) is 9.78 Å². The van der Waals surface area contributed by atoms with Gasteiger partial charge in [0.1, 0.15) is 11.8 Å². The molecule has 0 N–H and O–H groups in total. The van der Waals surface area contributed by atoms with Gasteiger partial charge in [0, 0.05) is 6.20 Å². The summed E-state index contributed by atoms with van der Waals surface area (Å²) in [6, 6.07) is 6.95. The second kappa shape index (κ2) is 3.23. The lowest BCUT2D eigenvalue weighted by Gasteiger charge is -1.98. The smallest absolute Gasteiger partial charge is 0.169 e. The summed E-state index contributed by atoms with van der Waals surface area (Å²) in [4.78, 5) is 18.6. The van der Waals surface area contributed by atoms with Gasteiger partial charge >= 0.3 is 0 Å². The van der Waals surface area contributed by atoms with Crippen LogP contribution in [0.4, 0.5) is 0 Å². The molecule has 4 nitrogen and oxygen atoms in total. The number of nitrogens with zero attached hydrogens (tertiary/aromatic N) is 3. The molecular formula is C10H5N3O. The third-order valence-corrected chi connectivity index (χ3v) is 1.85. The van der Waals surface area contributed by atoms with E-state index in [0.717, 1.165) is 0 Å². The number of hydrogen-bond donors (Lipinski definition) is 0. The zero-order chi connectivity index (χ0) is 9.97. The molecule has 0 aliphatic rings. The van der Waals surface area contributed by atoms with Gasteiger partial charge in [0.2, 0.25) is 0 Å². The quantitative estimate of drug-likeness (QED) is 0.625. The van der Waals surface area contributed by atoms with Crippen molar-refractivity contribution >= 4 is 17.3 Å². The van der Waals surface area contributed by atoms with Crippen molar-refractivity contribution in [3.8, 4) is 6.07 Å². The molecule has 0 amide bonds. The first-order valence-electron chi connectivity index (χ1n) is 3.96. The van der Waals surface area contributed by atoms with Crippen molar-refractivity contribution in [2.75, 3.05) is 0 Å². The third-order valence-electron chi connectivity index (χ3n) is 1.85. The largest absolute Gasteiger partial charge is 0.296 e. The van der Waals surface area contributed by atoms with Crippen molar-refractivity contribution < 1.29 is 4.79 Å². The van der Waals surface area contributed by atoms with E-state index >= 15 is 0 Å². The maximum absolute atomic E-state index is 10.6. The first-order valence-corrected chi connectivity index (χ1v) is 3.96. The van der Waals surface area contributed by atoms with Crippen molar-refractivity contribution in [3.63, 3.8) is 0 Å². The molecule has 2 aromatic rings. The third kappa shape index (κ3) is 1.21. The summed E-state index contributed by atoms with van der Waals surface area (Å²) in [6.07, 6.45) is 2.19. The second-order valence-corrected chi connectivity index (χ2v) is 2.69. The standard InChI is InChI=1S/C10H5N3O/c11-5-7-4-9-8(2-1-3-12-9)13-10(7)6-14/h1-4,6H. The fraction of sp³-hybridized carbons (Fsp3) is 0. The van der Waals surface area contributed by atoms with Crippen LogP contribution in [0.5, 0.6) is 0 Å². The predicted octanol–water partition coefficient (Wildman–Crippen LogP) is 1.31. The Morgan fingerprint density at radius 3 is 3.00 bits per heavy atom. The lowest BCUT2D eigenvalue weighted by molar-refractivity contribution is 0.111. The van der Waals surface area contributed by atoms with Gasteiger partial charge in [-0.15, -0.1) is 0 Å². The van der Waals surface area contributed by atoms with Crippen LogP contribution in [0.3, 0.4) is 0 Å². The van der Waals surface area contributed by atoms with E-state index in [9.17, 15) is 4.79 Å². The fourth-order valence-corrected chi connectivity index (χ4v) is 1.19. The van der Waals surface area contributed by atoms with E-state index in [4.69, 9.17) is 5.26 Å². The van der Waals surface area contributed by atoms with E-state index in [2.05, 4.69) is 9.97 Å². The van der Waals surface area contributed by atoms with E-state index in [1.807, 2.05) is 6.07 Å². The van der Waals surface area contributed by atoms with Crippen LogP contribution in [0, 0.1) is 11.3 Å². The molecule has 14 heavy (non-hydrogen) atoms. The van der Waals surface area contributed by atoms with Gasteiger partial charge in [0.05, 0.1) is 16.6 Å². The van der Waals surface area contributed by atoms with Crippen LogP contribution < -0.4 is 0 Å². The highest BCUT2D eigenvalue weighted by atomic mass is 16.1. The highest BCUT2D eigenvalue weighted by Gasteiger charge is 2.05. The molecule has 66 valence electrons.